The van der Waals surface area contributed by atoms with E-state index in [0.717, 1.165) is 0 Å². The standard InChI is InChI=1S/C7H11F3O3S.C6H9F3O/c1-14(11,12)13-5-4-6(2-3-6)7(8,9)10;7-6(8,9)5(1-2-5)3-4-10/h2-5H2,1H3;10H,1-4H2/i5D2;4D2. The Morgan fingerprint density at radius 3 is 1.58 bits per heavy atom. The van der Waals surface area contributed by atoms with Gasteiger partial charge in [-0.3, -0.25) is 4.18 Å². The second-order valence-corrected chi connectivity index (χ2v) is 7.57. The maximum atomic E-state index is 12.5. The van der Waals surface area contributed by atoms with Crippen LogP contribution in [0.25, 0.3) is 0 Å². The summed E-state index contributed by atoms with van der Waals surface area (Å²) in [5.74, 6) is 0. The molecule has 0 amide bonds. The van der Waals surface area contributed by atoms with E-state index in [1.54, 1.807) is 0 Å². The fraction of sp³-hybridized carbons (Fsp3) is 1.00. The number of alkyl halides is 6. The Hall–Kier alpha value is -0.550. The average Bonchev–Trinajstić information content (AvgIpc) is 3.18. The van der Waals surface area contributed by atoms with Crippen LogP contribution in [0, 0.1) is 10.8 Å². The molecule has 11 heteroatoms. The van der Waals surface area contributed by atoms with Crippen LogP contribution < -0.4 is 0 Å². The molecule has 0 bridgehead atoms. The van der Waals surface area contributed by atoms with Crippen LogP contribution in [0.1, 0.15) is 44.0 Å². The van der Waals surface area contributed by atoms with Gasteiger partial charge in [-0.1, -0.05) is 0 Å². The van der Waals surface area contributed by atoms with Crippen LogP contribution in [-0.4, -0.2) is 45.3 Å². The lowest BCUT2D eigenvalue weighted by atomic mass is 10.0. The third-order valence-electron chi connectivity index (χ3n) is 3.95. The van der Waals surface area contributed by atoms with Crippen molar-refractivity contribution >= 4 is 10.1 Å². The minimum Gasteiger partial charge on any atom is -0.396 e. The third kappa shape index (κ3) is 5.76. The van der Waals surface area contributed by atoms with E-state index in [1.807, 2.05) is 0 Å². The van der Waals surface area contributed by atoms with Gasteiger partial charge in [-0.2, -0.15) is 34.8 Å². The highest BCUT2D eigenvalue weighted by Gasteiger charge is 2.63. The summed E-state index contributed by atoms with van der Waals surface area (Å²) in [4.78, 5) is 0. The summed E-state index contributed by atoms with van der Waals surface area (Å²) in [6, 6.07) is 0. The smallest absolute Gasteiger partial charge is 0.394 e. The van der Waals surface area contributed by atoms with Crippen LogP contribution in [0.15, 0.2) is 0 Å². The van der Waals surface area contributed by atoms with Crippen molar-refractivity contribution < 1.29 is 49.5 Å². The van der Waals surface area contributed by atoms with E-state index in [4.69, 9.17) is 10.6 Å². The summed E-state index contributed by atoms with van der Waals surface area (Å²) in [6.45, 7) is -5.54. The molecule has 0 radical (unpaired) electrons. The molecule has 0 aliphatic heterocycles. The van der Waals surface area contributed by atoms with Crippen LogP contribution in [0.5, 0.6) is 0 Å². The summed E-state index contributed by atoms with van der Waals surface area (Å²) in [6.07, 6.45) is -10.7. The van der Waals surface area contributed by atoms with Crippen molar-refractivity contribution in [3.63, 3.8) is 0 Å². The van der Waals surface area contributed by atoms with E-state index in [1.165, 1.54) is 0 Å². The van der Waals surface area contributed by atoms with Crippen molar-refractivity contribution in [3.8, 4) is 0 Å². The van der Waals surface area contributed by atoms with Gasteiger partial charge in [0.05, 0.1) is 29.1 Å². The predicted molar refractivity (Wildman–Crippen MR) is 72.6 cm³/mol. The van der Waals surface area contributed by atoms with E-state index in [-0.39, 0.29) is 25.7 Å². The van der Waals surface area contributed by atoms with Gasteiger partial charge < -0.3 is 5.11 Å². The first-order valence-electron chi connectivity index (χ1n) is 8.80. The molecule has 144 valence electrons. The Labute approximate surface area is 141 Å². The zero-order chi connectivity index (χ0) is 22.4. The van der Waals surface area contributed by atoms with Crippen LogP contribution >= 0.6 is 0 Å². The van der Waals surface area contributed by atoms with Crippen LogP contribution in [0.2, 0.25) is 0 Å². The summed E-state index contributed by atoms with van der Waals surface area (Å²) in [7, 11) is -4.11. The third-order valence-corrected chi connectivity index (χ3v) is 4.37. The van der Waals surface area contributed by atoms with Crippen molar-refractivity contribution in [1.82, 2.24) is 0 Å². The summed E-state index contributed by atoms with van der Waals surface area (Å²) < 4.78 is 127. The normalized spacial score (nSPS) is 25.3. The maximum absolute atomic E-state index is 12.5. The number of rotatable bonds is 6. The molecule has 24 heavy (non-hydrogen) atoms. The number of halogens is 6. The van der Waals surface area contributed by atoms with Gasteiger partial charge in [0.15, 0.2) is 0 Å². The first kappa shape index (κ1) is 15.7. The molecule has 2 aliphatic carbocycles. The van der Waals surface area contributed by atoms with Crippen LogP contribution in [0.3, 0.4) is 0 Å². The quantitative estimate of drug-likeness (QED) is 0.558. The lowest BCUT2D eigenvalue weighted by Crippen LogP contribution is -2.26. The van der Waals surface area contributed by atoms with Gasteiger partial charge in [-0.05, 0) is 38.5 Å². The van der Waals surface area contributed by atoms with Crippen LogP contribution in [-0.2, 0) is 14.3 Å². The Morgan fingerprint density at radius 2 is 1.38 bits per heavy atom. The monoisotopic (exact) mass is 390 g/mol. The van der Waals surface area contributed by atoms with Crippen molar-refractivity contribution in [1.29, 1.82) is 0 Å². The molecule has 0 aromatic rings. The molecule has 0 saturated heterocycles. The molecule has 2 aliphatic rings. The van der Waals surface area contributed by atoms with E-state index in [2.05, 4.69) is 4.18 Å². The topological polar surface area (TPSA) is 63.6 Å². The zero-order valence-corrected chi connectivity index (χ0v) is 13.4. The first-order chi connectivity index (χ1) is 12.0. The molecule has 1 N–H and O–H groups in total. The minimum atomic E-state index is -4.53. The number of hydrogen-bond acceptors (Lipinski definition) is 4. The Balaban J connectivity index is 0.000000292. The maximum Gasteiger partial charge on any atom is 0.394 e. The molecular weight excluding hydrogens is 366 g/mol. The van der Waals surface area contributed by atoms with E-state index >= 15 is 0 Å². The molecule has 2 fully saturated rings. The summed E-state index contributed by atoms with van der Waals surface area (Å²) >= 11 is 0. The highest BCUT2D eigenvalue weighted by molar-refractivity contribution is 7.85. The average molecular weight is 390 g/mol. The van der Waals surface area contributed by atoms with E-state index in [0.29, 0.717) is 6.26 Å². The van der Waals surface area contributed by atoms with Gasteiger partial charge in [0.25, 0.3) is 10.1 Å². The van der Waals surface area contributed by atoms with Crippen LogP contribution in [0.4, 0.5) is 26.3 Å². The van der Waals surface area contributed by atoms with Gasteiger partial charge in [-0.15, -0.1) is 0 Å². The first-order valence-corrected chi connectivity index (χ1v) is 8.61. The fourth-order valence-corrected chi connectivity index (χ4v) is 2.12. The summed E-state index contributed by atoms with van der Waals surface area (Å²) in [5, 5.41) is 8.59. The fourth-order valence-electron chi connectivity index (χ4n) is 1.85. The molecule has 0 unspecified atom stereocenters. The molecule has 0 heterocycles. The number of aliphatic hydroxyl groups is 1. The highest BCUT2D eigenvalue weighted by Crippen LogP contribution is 2.60. The van der Waals surface area contributed by atoms with Crippen molar-refractivity contribution in [3.05, 3.63) is 0 Å². The molecule has 0 aromatic heterocycles. The summed E-state index contributed by atoms with van der Waals surface area (Å²) in [5.41, 5.74) is -4.08. The lowest BCUT2D eigenvalue weighted by molar-refractivity contribution is -0.191. The lowest BCUT2D eigenvalue weighted by Gasteiger charge is -2.18. The molecule has 0 atom stereocenters. The molecule has 2 rings (SSSR count). The SMILES string of the molecule is [2H]C([2H])(CC1(C(F)(F)F)CC1)OS(C)(=O)=O.[2H]C([2H])(O)CC1(C(F)(F)F)CC1. The largest absolute Gasteiger partial charge is 0.396 e. The van der Waals surface area contributed by atoms with E-state index < -0.39 is 59.3 Å². The molecular formula is C13H20F6O4S. The Morgan fingerprint density at radius 1 is 1.00 bits per heavy atom. The second-order valence-electron chi connectivity index (χ2n) is 6.00. The molecule has 0 spiro atoms. The molecule has 0 aromatic carbocycles. The van der Waals surface area contributed by atoms with Gasteiger partial charge in [0, 0.05) is 6.56 Å². The van der Waals surface area contributed by atoms with E-state index in [9.17, 15) is 34.8 Å². The number of hydrogen-bond donors (Lipinski definition) is 1. The predicted octanol–water partition coefficient (Wildman–Crippen LogP) is 3.41. The van der Waals surface area contributed by atoms with Crippen molar-refractivity contribution in [2.45, 2.75) is 50.9 Å². The molecule has 2 saturated carbocycles. The van der Waals surface area contributed by atoms with Gasteiger partial charge >= 0.3 is 12.4 Å². The zero-order valence-electron chi connectivity index (χ0n) is 16.6. The van der Waals surface area contributed by atoms with Gasteiger partial charge in [0.2, 0.25) is 0 Å². The van der Waals surface area contributed by atoms with Crippen molar-refractivity contribution in [2.75, 3.05) is 19.4 Å². The Bertz CT molecular complexity index is 664. The minimum absolute atomic E-state index is 0.0728. The van der Waals surface area contributed by atoms with Crippen molar-refractivity contribution in [2.24, 2.45) is 10.8 Å². The Kier molecular flexibility index (Phi) is 4.57. The second kappa shape index (κ2) is 6.99. The highest BCUT2D eigenvalue weighted by atomic mass is 32.2. The molecule has 4 nitrogen and oxygen atoms in total. The van der Waals surface area contributed by atoms with Gasteiger partial charge in [-0.25, -0.2) is 0 Å². The van der Waals surface area contributed by atoms with Gasteiger partial charge in [0.1, 0.15) is 0 Å².